The van der Waals surface area contributed by atoms with Crippen molar-refractivity contribution in [1.29, 1.82) is 0 Å². The van der Waals surface area contributed by atoms with Crippen LogP contribution < -0.4 is 5.32 Å². The molecule has 1 heterocycles. The molecular formula is C15H15N3O2. The Bertz CT molecular complexity index is 624. The van der Waals surface area contributed by atoms with Crippen LogP contribution in [0.2, 0.25) is 0 Å². The van der Waals surface area contributed by atoms with Gasteiger partial charge >= 0.3 is 0 Å². The maximum Gasteiger partial charge on any atom is 0.254 e. The van der Waals surface area contributed by atoms with E-state index in [1.165, 1.54) is 6.20 Å². The zero-order valence-corrected chi connectivity index (χ0v) is 10.9. The van der Waals surface area contributed by atoms with Crippen molar-refractivity contribution in [3.05, 3.63) is 53.3 Å². The molecule has 20 heavy (non-hydrogen) atoms. The summed E-state index contributed by atoms with van der Waals surface area (Å²) in [6, 6.07) is 7.63. The number of nitrogens with zero attached hydrogens (tertiary/aromatic N) is 1. The number of benzene rings is 1. The van der Waals surface area contributed by atoms with Gasteiger partial charge in [0.05, 0.1) is 18.4 Å². The first-order chi connectivity index (χ1) is 9.79. The molecule has 0 aliphatic heterocycles. The summed E-state index contributed by atoms with van der Waals surface area (Å²) >= 11 is 0. The van der Waals surface area contributed by atoms with Gasteiger partial charge < -0.3 is 10.4 Å². The van der Waals surface area contributed by atoms with Gasteiger partial charge in [-0.3, -0.25) is 9.89 Å². The predicted molar refractivity (Wildman–Crippen MR) is 74.8 cm³/mol. The van der Waals surface area contributed by atoms with Gasteiger partial charge in [0, 0.05) is 24.7 Å². The van der Waals surface area contributed by atoms with Gasteiger partial charge in [-0.2, -0.15) is 5.10 Å². The molecule has 0 bridgehead atoms. The summed E-state index contributed by atoms with van der Waals surface area (Å²) in [7, 11) is 0. The van der Waals surface area contributed by atoms with Gasteiger partial charge in [-0.1, -0.05) is 24.0 Å². The summed E-state index contributed by atoms with van der Waals surface area (Å²) in [5.41, 5.74) is 2.34. The van der Waals surface area contributed by atoms with Crippen LogP contribution in [0.25, 0.3) is 0 Å². The lowest BCUT2D eigenvalue weighted by atomic mass is 10.1. The average molecular weight is 269 g/mol. The van der Waals surface area contributed by atoms with E-state index in [-0.39, 0.29) is 12.5 Å². The summed E-state index contributed by atoms with van der Waals surface area (Å²) in [5.74, 6) is 5.66. The van der Waals surface area contributed by atoms with Crippen LogP contribution in [0.15, 0.2) is 36.7 Å². The minimum absolute atomic E-state index is 0.0629. The lowest BCUT2D eigenvalue weighted by molar-refractivity contribution is 0.0951. The van der Waals surface area contributed by atoms with E-state index in [1.54, 1.807) is 6.20 Å². The van der Waals surface area contributed by atoms with Crippen LogP contribution in [0, 0.1) is 11.8 Å². The van der Waals surface area contributed by atoms with Crippen LogP contribution in [0.5, 0.6) is 0 Å². The highest BCUT2D eigenvalue weighted by molar-refractivity contribution is 5.93. The van der Waals surface area contributed by atoms with Crippen LogP contribution in [0.1, 0.15) is 27.9 Å². The van der Waals surface area contributed by atoms with E-state index in [2.05, 4.69) is 27.4 Å². The Kier molecular flexibility index (Phi) is 4.93. The minimum Gasteiger partial charge on any atom is -0.395 e. The molecule has 3 N–H and O–H groups in total. The summed E-state index contributed by atoms with van der Waals surface area (Å²) in [5, 5.41) is 17.8. The number of carbonyl (C=O) groups excluding carboxylic acids is 1. The molecule has 0 saturated carbocycles. The standard InChI is InChI=1S/C15H15N3O2/c19-7-2-1-4-12-5-3-6-13(8-12)9-16-15(20)14-10-17-18-11-14/h3,5-6,8,10-11,19H,2,7,9H2,(H,16,20)(H,17,18). The number of rotatable bonds is 4. The lowest BCUT2D eigenvalue weighted by Crippen LogP contribution is -2.22. The number of hydrogen-bond acceptors (Lipinski definition) is 3. The molecule has 1 aromatic heterocycles. The third-order valence-electron chi connectivity index (χ3n) is 2.61. The molecule has 0 fully saturated rings. The van der Waals surface area contributed by atoms with Gasteiger partial charge in [0.2, 0.25) is 0 Å². The third-order valence-corrected chi connectivity index (χ3v) is 2.61. The average Bonchev–Trinajstić information content (AvgIpc) is 3.00. The Labute approximate surface area is 117 Å². The first-order valence-corrected chi connectivity index (χ1v) is 6.25. The fraction of sp³-hybridized carbons (Fsp3) is 0.200. The molecule has 0 spiro atoms. The summed E-state index contributed by atoms with van der Waals surface area (Å²) in [4.78, 5) is 11.7. The molecule has 5 nitrogen and oxygen atoms in total. The number of aliphatic hydroxyl groups excluding tert-OH is 1. The molecule has 5 heteroatoms. The third kappa shape index (κ3) is 3.97. The van der Waals surface area contributed by atoms with E-state index in [9.17, 15) is 4.79 Å². The molecular weight excluding hydrogens is 254 g/mol. The zero-order valence-electron chi connectivity index (χ0n) is 10.9. The molecule has 1 aromatic carbocycles. The summed E-state index contributed by atoms with van der Waals surface area (Å²) in [6.07, 6.45) is 3.49. The van der Waals surface area contributed by atoms with Gasteiger partial charge in [0.15, 0.2) is 0 Å². The fourth-order valence-corrected chi connectivity index (χ4v) is 1.64. The van der Waals surface area contributed by atoms with Gasteiger partial charge in [-0.15, -0.1) is 0 Å². The van der Waals surface area contributed by atoms with Gasteiger partial charge in [0.25, 0.3) is 5.91 Å². The van der Waals surface area contributed by atoms with Crippen molar-refractivity contribution in [2.75, 3.05) is 6.61 Å². The topological polar surface area (TPSA) is 78.0 Å². The SMILES string of the molecule is O=C(NCc1cccc(C#CCCO)c1)c1cn[nH]c1. The molecule has 102 valence electrons. The number of aromatic nitrogens is 2. The van der Waals surface area contributed by atoms with Gasteiger partial charge in [-0.25, -0.2) is 0 Å². The summed E-state index contributed by atoms with van der Waals surface area (Å²) in [6.45, 7) is 0.493. The van der Waals surface area contributed by atoms with Gasteiger partial charge in [0.1, 0.15) is 0 Å². The second-order valence-corrected chi connectivity index (χ2v) is 4.15. The smallest absolute Gasteiger partial charge is 0.254 e. The van der Waals surface area contributed by atoms with Crippen molar-refractivity contribution in [3.8, 4) is 11.8 Å². The number of carbonyl (C=O) groups is 1. The van der Waals surface area contributed by atoms with Crippen molar-refractivity contribution >= 4 is 5.91 Å². The molecule has 0 radical (unpaired) electrons. The first-order valence-electron chi connectivity index (χ1n) is 6.25. The number of hydrogen-bond donors (Lipinski definition) is 3. The zero-order chi connectivity index (χ0) is 14.2. The van der Waals surface area contributed by atoms with Crippen molar-refractivity contribution in [1.82, 2.24) is 15.5 Å². The van der Waals surface area contributed by atoms with Crippen molar-refractivity contribution in [2.24, 2.45) is 0 Å². The second-order valence-electron chi connectivity index (χ2n) is 4.15. The molecule has 2 rings (SSSR count). The second kappa shape index (κ2) is 7.12. The Hall–Kier alpha value is -2.58. The Morgan fingerprint density at radius 2 is 2.35 bits per heavy atom. The number of aromatic amines is 1. The molecule has 1 amide bonds. The summed E-state index contributed by atoms with van der Waals surface area (Å²) < 4.78 is 0. The lowest BCUT2D eigenvalue weighted by Gasteiger charge is -2.04. The van der Waals surface area contributed by atoms with E-state index in [1.807, 2.05) is 24.3 Å². The van der Waals surface area contributed by atoms with Crippen LogP contribution in [0.3, 0.4) is 0 Å². The number of amides is 1. The minimum atomic E-state index is -0.171. The highest BCUT2D eigenvalue weighted by atomic mass is 16.2. The number of aliphatic hydroxyl groups is 1. The van der Waals surface area contributed by atoms with E-state index >= 15 is 0 Å². The molecule has 0 aliphatic rings. The normalized spacial score (nSPS) is 9.65. The number of nitrogens with one attached hydrogen (secondary N) is 2. The van der Waals surface area contributed by atoms with E-state index in [0.29, 0.717) is 18.5 Å². The van der Waals surface area contributed by atoms with Crippen molar-refractivity contribution < 1.29 is 9.90 Å². The van der Waals surface area contributed by atoms with E-state index in [4.69, 9.17) is 5.11 Å². The highest BCUT2D eigenvalue weighted by Gasteiger charge is 2.05. The van der Waals surface area contributed by atoms with E-state index in [0.717, 1.165) is 11.1 Å². The van der Waals surface area contributed by atoms with Crippen LogP contribution in [-0.2, 0) is 6.54 Å². The van der Waals surface area contributed by atoms with Gasteiger partial charge in [-0.05, 0) is 17.7 Å². The largest absolute Gasteiger partial charge is 0.395 e. The van der Waals surface area contributed by atoms with Crippen molar-refractivity contribution in [2.45, 2.75) is 13.0 Å². The van der Waals surface area contributed by atoms with Crippen LogP contribution in [0.4, 0.5) is 0 Å². The molecule has 0 atom stereocenters. The first kappa shape index (κ1) is 13.8. The number of H-pyrrole nitrogens is 1. The Morgan fingerprint density at radius 1 is 1.45 bits per heavy atom. The molecule has 0 saturated heterocycles. The van der Waals surface area contributed by atoms with Crippen LogP contribution >= 0.6 is 0 Å². The maximum absolute atomic E-state index is 11.7. The predicted octanol–water partition coefficient (Wildman–Crippen LogP) is 1.07. The van der Waals surface area contributed by atoms with Crippen LogP contribution in [-0.4, -0.2) is 27.8 Å². The van der Waals surface area contributed by atoms with E-state index < -0.39 is 0 Å². The highest BCUT2D eigenvalue weighted by Crippen LogP contribution is 2.04. The quantitative estimate of drug-likeness (QED) is 0.727. The van der Waals surface area contributed by atoms with Crippen molar-refractivity contribution in [3.63, 3.8) is 0 Å². The Morgan fingerprint density at radius 3 is 3.10 bits per heavy atom. The molecule has 2 aromatic rings. The Balaban J connectivity index is 1.95. The monoisotopic (exact) mass is 269 g/mol. The molecule has 0 unspecified atom stereocenters. The fourth-order valence-electron chi connectivity index (χ4n) is 1.64. The maximum atomic E-state index is 11.7. The molecule has 0 aliphatic carbocycles.